The first-order valence-electron chi connectivity index (χ1n) is 7.11. The molecule has 0 bridgehead atoms. The predicted molar refractivity (Wildman–Crippen MR) is 72.3 cm³/mol. The molecule has 0 aliphatic heterocycles. The zero-order chi connectivity index (χ0) is 12.1. The Kier molecular flexibility index (Phi) is 4.46. The maximum Gasteiger partial charge on any atom is 0.203 e. The molecule has 1 heterocycles. The Bertz CT molecular complexity index is 324. The van der Waals surface area contributed by atoms with Crippen LogP contribution in [0.4, 0.5) is 5.95 Å². The van der Waals surface area contributed by atoms with Crippen LogP contribution in [-0.4, -0.2) is 16.1 Å². The summed E-state index contributed by atoms with van der Waals surface area (Å²) in [6, 6.07) is 0.666. The number of nitrogens with one attached hydrogen (secondary N) is 1. The molecule has 1 N–H and O–H groups in total. The Morgan fingerprint density at radius 1 is 1.29 bits per heavy atom. The van der Waals surface area contributed by atoms with Crippen LogP contribution in [0.25, 0.3) is 0 Å². The van der Waals surface area contributed by atoms with Crippen LogP contribution in [0, 0.1) is 5.92 Å². The number of anilines is 1. The number of imidazole rings is 1. The molecule has 1 aromatic heterocycles. The van der Waals surface area contributed by atoms with Crippen LogP contribution in [0.1, 0.15) is 58.4 Å². The minimum Gasteiger partial charge on any atom is -0.356 e. The third-order valence-electron chi connectivity index (χ3n) is 3.91. The standard InChI is InChI=1S/C14H25N3/c1-3-5-12-6-8-13(9-7-12)17-11-10-16-14(17)15-4-2/h10-13H,3-9H2,1-2H3,(H,15,16). The summed E-state index contributed by atoms with van der Waals surface area (Å²) < 4.78 is 2.34. The van der Waals surface area contributed by atoms with Crippen molar-refractivity contribution in [1.82, 2.24) is 9.55 Å². The van der Waals surface area contributed by atoms with E-state index < -0.39 is 0 Å². The van der Waals surface area contributed by atoms with Crippen LogP contribution in [0.3, 0.4) is 0 Å². The van der Waals surface area contributed by atoms with Gasteiger partial charge < -0.3 is 9.88 Å². The molecule has 1 aliphatic rings. The van der Waals surface area contributed by atoms with Gasteiger partial charge in [-0.15, -0.1) is 0 Å². The van der Waals surface area contributed by atoms with E-state index in [2.05, 4.69) is 34.9 Å². The average Bonchev–Trinajstić information content (AvgIpc) is 2.79. The number of hydrogen-bond donors (Lipinski definition) is 1. The van der Waals surface area contributed by atoms with Gasteiger partial charge in [0.2, 0.25) is 5.95 Å². The Morgan fingerprint density at radius 2 is 2.06 bits per heavy atom. The summed E-state index contributed by atoms with van der Waals surface area (Å²) in [5.41, 5.74) is 0. The van der Waals surface area contributed by atoms with Gasteiger partial charge in [0, 0.05) is 25.0 Å². The lowest BCUT2D eigenvalue weighted by Crippen LogP contribution is -2.19. The normalized spacial score (nSPS) is 24.8. The molecule has 0 radical (unpaired) electrons. The maximum atomic E-state index is 4.39. The summed E-state index contributed by atoms with van der Waals surface area (Å²) in [5, 5.41) is 3.34. The lowest BCUT2D eigenvalue weighted by molar-refractivity contribution is 0.264. The Hall–Kier alpha value is -0.990. The highest BCUT2D eigenvalue weighted by atomic mass is 15.2. The van der Waals surface area contributed by atoms with Gasteiger partial charge in [-0.2, -0.15) is 0 Å². The Balaban J connectivity index is 1.93. The minimum atomic E-state index is 0.666. The van der Waals surface area contributed by atoms with E-state index in [1.165, 1.54) is 38.5 Å². The SMILES string of the molecule is CCCC1CCC(n2ccnc2NCC)CC1. The zero-order valence-electron chi connectivity index (χ0n) is 11.2. The van der Waals surface area contributed by atoms with Crippen LogP contribution in [0.2, 0.25) is 0 Å². The highest BCUT2D eigenvalue weighted by molar-refractivity contribution is 5.26. The summed E-state index contributed by atoms with van der Waals surface area (Å²) in [6.45, 7) is 5.37. The molecule has 17 heavy (non-hydrogen) atoms. The molecule has 0 amide bonds. The van der Waals surface area contributed by atoms with Crippen LogP contribution >= 0.6 is 0 Å². The van der Waals surface area contributed by atoms with Gasteiger partial charge in [0.1, 0.15) is 0 Å². The molecule has 96 valence electrons. The Morgan fingerprint density at radius 3 is 2.71 bits per heavy atom. The van der Waals surface area contributed by atoms with Crippen LogP contribution in [0.15, 0.2) is 12.4 Å². The van der Waals surface area contributed by atoms with Gasteiger partial charge in [-0.3, -0.25) is 0 Å². The fourth-order valence-electron chi connectivity index (χ4n) is 3.02. The third kappa shape index (κ3) is 3.02. The van der Waals surface area contributed by atoms with Gasteiger partial charge >= 0.3 is 0 Å². The van der Waals surface area contributed by atoms with Crippen molar-refractivity contribution in [1.29, 1.82) is 0 Å². The lowest BCUT2D eigenvalue weighted by Gasteiger charge is -2.30. The molecule has 0 saturated heterocycles. The Labute approximate surface area is 105 Å². The molecule has 1 saturated carbocycles. The molecule has 3 heteroatoms. The first kappa shape index (κ1) is 12.5. The van der Waals surface area contributed by atoms with Crippen molar-refractivity contribution in [3.63, 3.8) is 0 Å². The maximum absolute atomic E-state index is 4.39. The summed E-state index contributed by atoms with van der Waals surface area (Å²) in [5.74, 6) is 2.02. The molecular formula is C14H25N3. The second-order valence-corrected chi connectivity index (χ2v) is 5.15. The second-order valence-electron chi connectivity index (χ2n) is 5.15. The van der Waals surface area contributed by atoms with Crippen molar-refractivity contribution < 1.29 is 0 Å². The lowest BCUT2D eigenvalue weighted by atomic mass is 9.83. The van der Waals surface area contributed by atoms with E-state index in [0.717, 1.165) is 18.4 Å². The topological polar surface area (TPSA) is 29.9 Å². The van der Waals surface area contributed by atoms with Crippen molar-refractivity contribution in [2.45, 2.75) is 58.4 Å². The number of nitrogens with zero attached hydrogens (tertiary/aromatic N) is 2. The number of rotatable bonds is 5. The third-order valence-corrected chi connectivity index (χ3v) is 3.91. The highest BCUT2D eigenvalue weighted by Gasteiger charge is 2.22. The summed E-state index contributed by atoms with van der Waals surface area (Å²) in [7, 11) is 0. The van der Waals surface area contributed by atoms with E-state index in [0.29, 0.717) is 6.04 Å². The van der Waals surface area contributed by atoms with E-state index in [1.54, 1.807) is 0 Å². The van der Waals surface area contributed by atoms with E-state index in [1.807, 2.05) is 6.20 Å². The van der Waals surface area contributed by atoms with Crippen molar-refractivity contribution in [2.24, 2.45) is 5.92 Å². The molecule has 1 aliphatic carbocycles. The fourth-order valence-corrected chi connectivity index (χ4v) is 3.02. The van der Waals surface area contributed by atoms with Crippen LogP contribution in [0.5, 0.6) is 0 Å². The molecule has 0 aromatic carbocycles. The fraction of sp³-hybridized carbons (Fsp3) is 0.786. The highest BCUT2D eigenvalue weighted by Crippen LogP contribution is 2.35. The number of hydrogen-bond acceptors (Lipinski definition) is 2. The molecule has 2 rings (SSSR count). The van der Waals surface area contributed by atoms with Gasteiger partial charge in [0.15, 0.2) is 0 Å². The van der Waals surface area contributed by atoms with Gasteiger partial charge in [-0.05, 0) is 38.5 Å². The zero-order valence-corrected chi connectivity index (χ0v) is 11.2. The van der Waals surface area contributed by atoms with E-state index in [-0.39, 0.29) is 0 Å². The van der Waals surface area contributed by atoms with E-state index in [4.69, 9.17) is 0 Å². The molecule has 1 fully saturated rings. The molecular weight excluding hydrogens is 210 g/mol. The van der Waals surface area contributed by atoms with Gasteiger partial charge in [-0.25, -0.2) is 4.98 Å². The summed E-state index contributed by atoms with van der Waals surface area (Å²) in [4.78, 5) is 4.39. The van der Waals surface area contributed by atoms with Crippen molar-refractivity contribution >= 4 is 5.95 Å². The van der Waals surface area contributed by atoms with Crippen molar-refractivity contribution in [2.75, 3.05) is 11.9 Å². The second kappa shape index (κ2) is 6.08. The van der Waals surface area contributed by atoms with Crippen LogP contribution < -0.4 is 5.32 Å². The van der Waals surface area contributed by atoms with Gasteiger partial charge in [-0.1, -0.05) is 19.8 Å². The van der Waals surface area contributed by atoms with Crippen molar-refractivity contribution in [3.8, 4) is 0 Å². The average molecular weight is 235 g/mol. The monoisotopic (exact) mass is 235 g/mol. The van der Waals surface area contributed by atoms with Gasteiger partial charge in [0.05, 0.1) is 0 Å². The summed E-state index contributed by atoms with van der Waals surface area (Å²) in [6.07, 6.45) is 12.2. The predicted octanol–water partition coefficient (Wildman–Crippen LogP) is 3.85. The first-order valence-corrected chi connectivity index (χ1v) is 7.11. The summed E-state index contributed by atoms with van der Waals surface area (Å²) >= 11 is 0. The smallest absolute Gasteiger partial charge is 0.203 e. The van der Waals surface area contributed by atoms with Gasteiger partial charge in [0.25, 0.3) is 0 Å². The van der Waals surface area contributed by atoms with E-state index >= 15 is 0 Å². The minimum absolute atomic E-state index is 0.666. The number of aromatic nitrogens is 2. The molecule has 0 atom stereocenters. The molecule has 0 unspecified atom stereocenters. The van der Waals surface area contributed by atoms with E-state index in [9.17, 15) is 0 Å². The largest absolute Gasteiger partial charge is 0.356 e. The first-order chi connectivity index (χ1) is 8.35. The van der Waals surface area contributed by atoms with Crippen LogP contribution in [-0.2, 0) is 0 Å². The molecule has 3 nitrogen and oxygen atoms in total. The van der Waals surface area contributed by atoms with Crippen molar-refractivity contribution in [3.05, 3.63) is 12.4 Å². The quantitative estimate of drug-likeness (QED) is 0.840. The molecule has 1 aromatic rings. The molecule has 0 spiro atoms.